The highest BCUT2D eigenvalue weighted by Gasteiger charge is 2.24. The standard InChI is InChI=1S/C23H26BrClN4O5/c1-4-33-18-9-14(8-17(24)21(18)34-12-19(26)30)11-27-29-23(32)20(13(2)3)28-22(31)15-6-5-7-16(25)10-15/h5-11,13,20H,4,12H2,1-3H3,(H2,26,30)(H,28,31)(H,29,32)/b27-11+. The zero-order valence-electron chi connectivity index (χ0n) is 18.9. The minimum atomic E-state index is -0.820. The maximum Gasteiger partial charge on any atom is 0.262 e. The highest BCUT2D eigenvalue weighted by Crippen LogP contribution is 2.36. The van der Waals surface area contributed by atoms with E-state index in [2.05, 4.69) is 31.8 Å². The molecule has 1 atom stereocenters. The van der Waals surface area contributed by atoms with Crippen molar-refractivity contribution in [2.75, 3.05) is 13.2 Å². The summed E-state index contributed by atoms with van der Waals surface area (Å²) < 4.78 is 11.5. The van der Waals surface area contributed by atoms with Crippen molar-refractivity contribution in [3.63, 3.8) is 0 Å². The second-order valence-electron chi connectivity index (χ2n) is 7.46. The molecule has 0 aromatic heterocycles. The van der Waals surface area contributed by atoms with Crippen LogP contribution >= 0.6 is 27.5 Å². The fraction of sp³-hybridized carbons (Fsp3) is 0.304. The lowest BCUT2D eigenvalue weighted by Gasteiger charge is -2.20. The van der Waals surface area contributed by atoms with Crippen LogP contribution in [0.15, 0.2) is 46.0 Å². The summed E-state index contributed by atoms with van der Waals surface area (Å²) in [6, 6.07) is 8.94. The maximum atomic E-state index is 12.7. The first-order valence-electron chi connectivity index (χ1n) is 10.4. The van der Waals surface area contributed by atoms with Crippen molar-refractivity contribution in [3.8, 4) is 11.5 Å². The van der Waals surface area contributed by atoms with Gasteiger partial charge in [0.15, 0.2) is 18.1 Å². The Bertz CT molecular complexity index is 1080. The number of nitrogens with zero attached hydrogens (tertiary/aromatic N) is 1. The first kappa shape index (κ1) is 27.1. The number of hydrazone groups is 1. The second-order valence-corrected chi connectivity index (χ2v) is 8.75. The van der Waals surface area contributed by atoms with E-state index in [0.717, 1.165) is 0 Å². The number of ether oxygens (including phenoxy) is 2. The molecule has 0 bridgehead atoms. The number of nitrogens with one attached hydrogen (secondary N) is 2. The predicted octanol–water partition coefficient (Wildman–Crippen LogP) is 3.27. The Morgan fingerprint density at radius 2 is 1.94 bits per heavy atom. The molecular formula is C23H26BrClN4O5. The average Bonchev–Trinajstić information content (AvgIpc) is 2.76. The van der Waals surface area contributed by atoms with E-state index >= 15 is 0 Å². The molecule has 0 fully saturated rings. The van der Waals surface area contributed by atoms with Crippen LogP contribution in [-0.4, -0.2) is 43.2 Å². The Kier molecular flexibility index (Phi) is 10.3. The van der Waals surface area contributed by atoms with Gasteiger partial charge in [0.25, 0.3) is 17.7 Å². The fourth-order valence-corrected chi connectivity index (χ4v) is 3.60. The SMILES string of the molecule is CCOc1cc(/C=N/NC(=O)C(NC(=O)c2cccc(Cl)c2)C(C)C)cc(Br)c1OCC(N)=O. The van der Waals surface area contributed by atoms with Crippen molar-refractivity contribution >= 4 is 51.5 Å². The van der Waals surface area contributed by atoms with Crippen molar-refractivity contribution < 1.29 is 23.9 Å². The number of hydrogen-bond acceptors (Lipinski definition) is 6. The number of benzene rings is 2. The van der Waals surface area contributed by atoms with Gasteiger partial charge in [-0.1, -0.05) is 31.5 Å². The van der Waals surface area contributed by atoms with Crippen molar-refractivity contribution in [2.24, 2.45) is 16.8 Å². The molecule has 11 heteroatoms. The second kappa shape index (κ2) is 13.0. The predicted molar refractivity (Wildman–Crippen MR) is 133 cm³/mol. The van der Waals surface area contributed by atoms with E-state index in [1.165, 1.54) is 12.3 Å². The Morgan fingerprint density at radius 1 is 1.21 bits per heavy atom. The Hall–Kier alpha value is -3.11. The van der Waals surface area contributed by atoms with Crippen molar-refractivity contribution in [3.05, 3.63) is 57.0 Å². The van der Waals surface area contributed by atoms with E-state index in [0.29, 0.717) is 38.7 Å². The third kappa shape index (κ3) is 8.03. The van der Waals surface area contributed by atoms with Gasteiger partial charge in [0.1, 0.15) is 6.04 Å². The number of primary amides is 1. The van der Waals surface area contributed by atoms with Crippen molar-refractivity contribution in [1.82, 2.24) is 10.7 Å². The third-order valence-corrected chi connectivity index (χ3v) is 5.23. The van der Waals surface area contributed by atoms with E-state index in [1.807, 2.05) is 13.8 Å². The average molecular weight is 554 g/mol. The summed E-state index contributed by atoms with van der Waals surface area (Å²) in [5.41, 5.74) is 8.53. The summed E-state index contributed by atoms with van der Waals surface area (Å²) in [6.07, 6.45) is 1.42. The Balaban J connectivity index is 2.11. The largest absolute Gasteiger partial charge is 0.490 e. The van der Waals surface area contributed by atoms with Gasteiger partial charge in [-0.25, -0.2) is 5.43 Å². The van der Waals surface area contributed by atoms with Gasteiger partial charge in [-0.05, 0) is 64.7 Å². The molecule has 4 N–H and O–H groups in total. The summed E-state index contributed by atoms with van der Waals surface area (Å²) in [4.78, 5) is 36.3. The smallest absolute Gasteiger partial charge is 0.262 e. The lowest BCUT2D eigenvalue weighted by molar-refractivity contribution is -0.124. The first-order chi connectivity index (χ1) is 16.1. The van der Waals surface area contributed by atoms with Gasteiger partial charge in [-0.15, -0.1) is 0 Å². The summed E-state index contributed by atoms with van der Waals surface area (Å²) in [5.74, 6) is -1.02. The molecule has 2 aromatic carbocycles. The molecule has 3 amide bonds. The van der Waals surface area contributed by atoms with Crippen molar-refractivity contribution in [1.29, 1.82) is 0 Å². The third-order valence-electron chi connectivity index (χ3n) is 4.40. The molecule has 9 nitrogen and oxygen atoms in total. The molecule has 0 aliphatic carbocycles. The minimum absolute atomic E-state index is 0.196. The van der Waals surface area contributed by atoms with Crippen LogP contribution in [-0.2, 0) is 9.59 Å². The van der Waals surface area contributed by atoms with Crippen LogP contribution in [0.4, 0.5) is 0 Å². The number of amides is 3. The summed E-state index contributed by atoms with van der Waals surface area (Å²) in [6.45, 7) is 5.47. The molecule has 2 aromatic rings. The molecule has 0 aliphatic heterocycles. The molecule has 1 unspecified atom stereocenters. The van der Waals surface area contributed by atoms with Crippen LogP contribution in [0.1, 0.15) is 36.7 Å². The number of hydrogen-bond donors (Lipinski definition) is 3. The number of halogens is 2. The maximum absolute atomic E-state index is 12.7. The van der Waals surface area contributed by atoms with E-state index < -0.39 is 23.8 Å². The summed E-state index contributed by atoms with van der Waals surface area (Å²) >= 11 is 9.31. The van der Waals surface area contributed by atoms with Crippen LogP contribution in [0.5, 0.6) is 11.5 Å². The van der Waals surface area contributed by atoms with E-state index in [-0.39, 0.29) is 12.5 Å². The van der Waals surface area contributed by atoms with Crippen LogP contribution < -0.4 is 25.9 Å². The molecule has 0 radical (unpaired) electrons. The first-order valence-corrected chi connectivity index (χ1v) is 11.6. The van der Waals surface area contributed by atoms with E-state index in [1.54, 1.807) is 37.3 Å². The highest BCUT2D eigenvalue weighted by atomic mass is 79.9. The van der Waals surface area contributed by atoms with Gasteiger partial charge in [0.2, 0.25) is 0 Å². The molecule has 0 saturated heterocycles. The van der Waals surface area contributed by atoms with Crippen LogP contribution in [0.25, 0.3) is 0 Å². The zero-order chi connectivity index (χ0) is 25.3. The minimum Gasteiger partial charge on any atom is -0.490 e. The monoisotopic (exact) mass is 552 g/mol. The van der Waals surface area contributed by atoms with Gasteiger partial charge in [-0.2, -0.15) is 5.10 Å². The van der Waals surface area contributed by atoms with E-state index in [9.17, 15) is 14.4 Å². The van der Waals surface area contributed by atoms with Crippen molar-refractivity contribution in [2.45, 2.75) is 26.8 Å². The van der Waals surface area contributed by atoms with Crippen LogP contribution in [0, 0.1) is 5.92 Å². The molecule has 0 heterocycles. The molecular weight excluding hydrogens is 528 g/mol. The topological polar surface area (TPSA) is 132 Å². The van der Waals surface area contributed by atoms with E-state index in [4.69, 9.17) is 26.8 Å². The van der Waals surface area contributed by atoms with Gasteiger partial charge in [-0.3, -0.25) is 14.4 Å². The van der Waals surface area contributed by atoms with Crippen LogP contribution in [0.2, 0.25) is 5.02 Å². The Morgan fingerprint density at radius 3 is 2.56 bits per heavy atom. The molecule has 0 saturated carbocycles. The number of carbonyl (C=O) groups excluding carboxylic acids is 3. The van der Waals surface area contributed by atoms with Gasteiger partial charge < -0.3 is 20.5 Å². The normalized spacial score (nSPS) is 11.8. The number of carbonyl (C=O) groups is 3. The van der Waals surface area contributed by atoms with Gasteiger partial charge in [0, 0.05) is 10.6 Å². The fourth-order valence-electron chi connectivity index (χ4n) is 2.84. The number of nitrogens with two attached hydrogens (primary N) is 1. The Labute approximate surface area is 211 Å². The quantitative estimate of drug-likeness (QED) is 0.290. The molecule has 2 rings (SSSR count). The van der Waals surface area contributed by atoms with Gasteiger partial charge >= 0.3 is 0 Å². The highest BCUT2D eigenvalue weighted by molar-refractivity contribution is 9.10. The van der Waals surface area contributed by atoms with Gasteiger partial charge in [0.05, 0.1) is 17.3 Å². The summed E-state index contributed by atoms with van der Waals surface area (Å²) in [7, 11) is 0. The molecule has 0 spiro atoms. The molecule has 34 heavy (non-hydrogen) atoms. The molecule has 182 valence electrons. The number of rotatable bonds is 11. The lowest BCUT2D eigenvalue weighted by Crippen LogP contribution is -2.48. The van der Waals surface area contributed by atoms with Crippen LogP contribution in [0.3, 0.4) is 0 Å². The summed E-state index contributed by atoms with van der Waals surface area (Å²) in [5, 5.41) is 7.13. The zero-order valence-corrected chi connectivity index (χ0v) is 21.3. The lowest BCUT2D eigenvalue weighted by atomic mass is 10.0. The molecule has 0 aliphatic rings.